The van der Waals surface area contributed by atoms with Gasteiger partial charge in [0.2, 0.25) is 5.78 Å². The minimum absolute atomic E-state index is 0.0383. The van der Waals surface area contributed by atoms with Crippen molar-refractivity contribution in [3.63, 3.8) is 0 Å². The van der Waals surface area contributed by atoms with Crippen LogP contribution in [0.25, 0.3) is 6.08 Å². The number of hydrogen-bond donors (Lipinski definition) is 0. The van der Waals surface area contributed by atoms with Gasteiger partial charge in [-0.2, -0.15) is 5.26 Å². The number of nitrogens with zero attached hydrogens (tertiary/aromatic N) is 3. The third kappa shape index (κ3) is 4.28. The molecule has 1 aromatic heterocycles. The highest BCUT2D eigenvalue weighted by Crippen LogP contribution is 2.21. The fourth-order valence-electron chi connectivity index (χ4n) is 2.79. The van der Waals surface area contributed by atoms with Crippen molar-refractivity contribution in [2.75, 3.05) is 0 Å². The second-order valence-electron chi connectivity index (χ2n) is 5.88. The fourth-order valence-corrected chi connectivity index (χ4v) is 2.79. The number of aromatic nitrogens is 1. The quantitative estimate of drug-likeness (QED) is 0.138. The lowest BCUT2D eigenvalue weighted by atomic mass is 10.0. The van der Waals surface area contributed by atoms with Crippen LogP contribution in [0.5, 0.6) is 0 Å². The molecule has 1 aromatic carbocycles. The normalized spacial score (nSPS) is 11.4. The molecule has 1 heterocycles. The Kier molecular flexibility index (Phi) is 6.23. The van der Waals surface area contributed by atoms with E-state index in [4.69, 9.17) is 0 Å². The summed E-state index contributed by atoms with van der Waals surface area (Å²) in [4.78, 5) is 23.3. The van der Waals surface area contributed by atoms with E-state index in [2.05, 4.69) is 6.58 Å². The Labute approximate surface area is 157 Å². The number of Topliss-reactive ketones (excluding diaryl/α,β-unsaturated/α-hetero) is 1. The predicted octanol–water partition coefficient (Wildman–Crippen LogP) is 4.55. The summed E-state index contributed by atoms with van der Waals surface area (Å²) in [5.41, 5.74) is 2.45. The Balaban J connectivity index is 2.34. The smallest absolute Gasteiger partial charge is 0.276 e. The van der Waals surface area contributed by atoms with Gasteiger partial charge in [-0.05, 0) is 38.1 Å². The number of hydrogen-bond acceptors (Lipinski definition) is 4. The summed E-state index contributed by atoms with van der Waals surface area (Å²) in [5.74, 6) is -0.381. The van der Waals surface area contributed by atoms with E-state index in [0.29, 0.717) is 17.7 Å². The number of allylic oxidation sites excluding steroid dienone is 4. The second-order valence-corrected chi connectivity index (χ2v) is 5.88. The maximum Gasteiger partial charge on any atom is 0.276 e. The van der Waals surface area contributed by atoms with Crippen LogP contribution in [-0.2, 0) is 6.54 Å². The summed E-state index contributed by atoms with van der Waals surface area (Å²) in [6.07, 6.45) is 6.09. The standard InChI is InChI=1S/C21H19N3O3/c1-4-12-23-15(2)13-19(16(23)3)21(25)18(14-22)10-7-9-17-8-5-6-11-20(17)24(26)27/h4-11,13H,1,12H2,2-3H3/b9-7+,18-10+. The van der Waals surface area contributed by atoms with Gasteiger partial charge in [0.05, 0.1) is 10.5 Å². The highest BCUT2D eigenvalue weighted by atomic mass is 16.6. The van der Waals surface area contributed by atoms with Crippen molar-refractivity contribution in [1.29, 1.82) is 5.26 Å². The van der Waals surface area contributed by atoms with Crippen LogP contribution < -0.4 is 0 Å². The summed E-state index contributed by atoms with van der Waals surface area (Å²) in [7, 11) is 0. The number of benzene rings is 1. The Hall–Kier alpha value is -3.72. The second kappa shape index (κ2) is 8.59. The van der Waals surface area contributed by atoms with E-state index in [1.807, 2.05) is 24.5 Å². The van der Waals surface area contributed by atoms with E-state index in [9.17, 15) is 20.2 Å². The minimum atomic E-state index is -0.478. The first-order valence-electron chi connectivity index (χ1n) is 8.25. The number of para-hydroxylation sites is 1. The number of carbonyl (C=O) groups excluding carboxylic acids is 1. The molecule has 0 saturated heterocycles. The Morgan fingerprint density at radius 3 is 2.70 bits per heavy atom. The first-order valence-corrected chi connectivity index (χ1v) is 8.25. The molecule has 0 aliphatic heterocycles. The molecule has 6 nitrogen and oxygen atoms in total. The van der Waals surface area contributed by atoms with Gasteiger partial charge < -0.3 is 4.57 Å². The lowest BCUT2D eigenvalue weighted by Crippen LogP contribution is -2.05. The SMILES string of the molecule is C=CCn1c(C)cc(C(=O)/C(C#N)=C/C=C/c2ccccc2[N+](=O)[O-])c1C. The third-order valence-corrected chi connectivity index (χ3v) is 4.17. The summed E-state index contributed by atoms with van der Waals surface area (Å²) in [5, 5.41) is 20.4. The van der Waals surface area contributed by atoms with Crippen LogP contribution in [0.2, 0.25) is 0 Å². The van der Waals surface area contributed by atoms with Crippen molar-refractivity contribution in [3.05, 3.63) is 93.3 Å². The van der Waals surface area contributed by atoms with E-state index in [-0.39, 0.29) is 17.0 Å². The first kappa shape index (κ1) is 19.6. The molecule has 0 unspecified atom stereocenters. The zero-order valence-electron chi connectivity index (χ0n) is 15.2. The van der Waals surface area contributed by atoms with Gasteiger partial charge >= 0.3 is 0 Å². The number of nitriles is 1. The van der Waals surface area contributed by atoms with Crippen LogP contribution in [0.4, 0.5) is 5.69 Å². The Morgan fingerprint density at radius 2 is 2.07 bits per heavy atom. The monoisotopic (exact) mass is 361 g/mol. The number of nitro groups is 1. The van der Waals surface area contributed by atoms with Crippen LogP contribution in [0.15, 0.2) is 60.7 Å². The molecule has 136 valence electrons. The molecule has 0 atom stereocenters. The lowest BCUT2D eigenvalue weighted by molar-refractivity contribution is -0.385. The predicted molar refractivity (Wildman–Crippen MR) is 104 cm³/mol. The van der Waals surface area contributed by atoms with Crippen molar-refractivity contribution in [2.24, 2.45) is 0 Å². The van der Waals surface area contributed by atoms with Crippen LogP contribution in [0.1, 0.15) is 27.3 Å². The van der Waals surface area contributed by atoms with Crippen molar-refractivity contribution < 1.29 is 9.72 Å². The molecule has 0 spiro atoms. The van der Waals surface area contributed by atoms with Gasteiger partial charge in [-0.25, -0.2) is 0 Å². The highest BCUT2D eigenvalue weighted by Gasteiger charge is 2.18. The highest BCUT2D eigenvalue weighted by molar-refractivity contribution is 6.12. The van der Waals surface area contributed by atoms with Gasteiger partial charge in [-0.15, -0.1) is 6.58 Å². The topological polar surface area (TPSA) is 88.9 Å². The van der Waals surface area contributed by atoms with Crippen LogP contribution in [0.3, 0.4) is 0 Å². The molecule has 0 radical (unpaired) electrons. The summed E-state index contributed by atoms with van der Waals surface area (Å²) in [6.45, 7) is 7.99. The molecule has 27 heavy (non-hydrogen) atoms. The number of ketones is 1. The molecule has 0 aliphatic rings. The Morgan fingerprint density at radius 1 is 1.37 bits per heavy atom. The average Bonchev–Trinajstić information content (AvgIpc) is 2.93. The largest absolute Gasteiger partial charge is 0.345 e. The zero-order valence-corrected chi connectivity index (χ0v) is 15.2. The Bertz CT molecular complexity index is 1000. The number of nitro benzene ring substituents is 1. The van der Waals surface area contributed by atoms with Crippen LogP contribution >= 0.6 is 0 Å². The van der Waals surface area contributed by atoms with E-state index in [1.165, 1.54) is 24.3 Å². The lowest BCUT2D eigenvalue weighted by Gasteiger charge is -2.05. The molecule has 0 N–H and O–H groups in total. The molecular formula is C21H19N3O3. The van der Waals surface area contributed by atoms with Gasteiger partial charge in [0.1, 0.15) is 11.6 Å². The average molecular weight is 361 g/mol. The molecule has 0 saturated carbocycles. The zero-order chi connectivity index (χ0) is 20.0. The number of aryl methyl sites for hydroxylation is 1. The van der Waals surface area contributed by atoms with E-state index < -0.39 is 4.92 Å². The molecule has 0 aliphatic carbocycles. The summed E-state index contributed by atoms with van der Waals surface area (Å²) < 4.78 is 1.94. The van der Waals surface area contributed by atoms with Crippen molar-refractivity contribution in [1.82, 2.24) is 4.57 Å². The third-order valence-electron chi connectivity index (χ3n) is 4.17. The van der Waals surface area contributed by atoms with Crippen molar-refractivity contribution >= 4 is 17.5 Å². The summed E-state index contributed by atoms with van der Waals surface area (Å²) in [6, 6.07) is 9.91. The van der Waals surface area contributed by atoms with Gasteiger partial charge in [0.25, 0.3) is 5.69 Å². The van der Waals surface area contributed by atoms with Crippen molar-refractivity contribution in [2.45, 2.75) is 20.4 Å². The molecule has 0 fully saturated rings. The molecule has 2 aromatic rings. The molecule has 2 rings (SSSR count). The minimum Gasteiger partial charge on any atom is -0.345 e. The van der Waals surface area contributed by atoms with Gasteiger partial charge in [-0.1, -0.05) is 24.3 Å². The van der Waals surface area contributed by atoms with E-state index >= 15 is 0 Å². The molecular weight excluding hydrogens is 342 g/mol. The van der Waals surface area contributed by atoms with E-state index in [1.54, 1.807) is 30.3 Å². The fraction of sp³-hybridized carbons (Fsp3) is 0.143. The molecule has 0 bridgehead atoms. The van der Waals surface area contributed by atoms with Gasteiger partial charge in [0.15, 0.2) is 0 Å². The van der Waals surface area contributed by atoms with Crippen molar-refractivity contribution in [3.8, 4) is 6.07 Å². The maximum absolute atomic E-state index is 12.7. The molecule has 6 heteroatoms. The van der Waals surface area contributed by atoms with E-state index in [0.717, 1.165) is 11.4 Å². The van der Waals surface area contributed by atoms with Crippen LogP contribution in [0, 0.1) is 35.3 Å². The first-order chi connectivity index (χ1) is 12.9. The van der Waals surface area contributed by atoms with Gasteiger partial charge in [0, 0.05) is 29.6 Å². The number of rotatable bonds is 7. The van der Waals surface area contributed by atoms with Crippen LogP contribution in [-0.4, -0.2) is 15.3 Å². The maximum atomic E-state index is 12.7. The van der Waals surface area contributed by atoms with Gasteiger partial charge in [-0.3, -0.25) is 14.9 Å². The molecule has 0 amide bonds. The number of carbonyl (C=O) groups is 1. The summed E-state index contributed by atoms with van der Waals surface area (Å²) >= 11 is 0.